The van der Waals surface area contributed by atoms with E-state index < -0.39 is 5.60 Å². The number of nitriles is 1. The number of carbonyl (C=O) groups is 2. The van der Waals surface area contributed by atoms with Crippen molar-refractivity contribution < 1.29 is 14.3 Å². The quantitative estimate of drug-likeness (QED) is 0.247. The van der Waals surface area contributed by atoms with Gasteiger partial charge in [-0.15, -0.1) is 0 Å². The molecule has 4 heteroatoms. The molecule has 0 amide bonds. The average Bonchev–Trinajstić information content (AvgIpc) is 3.10. The normalized spacial score (nSPS) is 32.4. The summed E-state index contributed by atoms with van der Waals surface area (Å²) in [6.07, 6.45) is 18.4. The van der Waals surface area contributed by atoms with Crippen molar-refractivity contribution in [3.8, 4) is 6.07 Å². The number of hydrogen-bond acceptors (Lipinski definition) is 4. The molecule has 2 unspecified atom stereocenters. The molecule has 0 aliphatic heterocycles. The second kappa shape index (κ2) is 10.8. The topological polar surface area (TPSA) is 67.2 Å². The number of ketones is 1. The number of esters is 1. The van der Waals surface area contributed by atoms with Crippen LogP contribution in [-0.4, -0.2) is 17.4 Å². The first-order valence-electron chi connectivity index (χ1n) is 14.0. The lowest BCUT2D eigenvalue weighted by Crippen LogP contribution is -2.52. The molecule has 0 heterocycles. The molecule has 0 N–H and O–H groups in total. The molecule has 4 aliphatic rings. The van der Waals surface area contributed by atoms with Gasteiger partial charge in [-0.3, -0.25) is 9.59 Å². The molecule has 0 saturated heterocycles. The van der Waals surface area contributed by atoms with Crippen LogP contribution in [0, 0.1) is 28.6 Å². The number of nitrogens with zero attached hydrogens (tertiary/aromatic N) is 1. The van der Waals surface area contributed by atoms with Crippen molar-refractivity contribution in [3.05, 3.63) is 22.8 Å². The Kier molecular flexibility index (Phi) is 8.01. The number of rotatable bonds is 10. The molecule has 0 spiro atoms. The fourth-order valence-electron chi connectivity index (χ4n) is 7.74. The second-order valence-corrected chi connectivity index (χ2v) is 11.5. The van der Waals surface area contributed by atoms with E-state index in [1.807, 2.05) is 6.08 Å². The van der Waals surface area contributed by atoms with Crippen LogP contribution in [0.1, 0.15) is 123 Å². The molecule has 0 bridgehead atoms. The van der Waals surface area contributed by atoms with Crippen LogP contribution < -0.4 is 0 Å². The SMILES string of the molecule is CCCCCCCCCC(=O)O[C@@]1(CC#N)CCC2C3CCC4=CC(=O)CCC4=C3CC[C@@]21C. The van der Waals surface area contributed by atoms with Crippen LogP contribution in [-0.2, 0) is 14.3 Å². The first-order chi connectivity index (χ1) is 16.4. The minimum atomic E-state index is -0.639. The lowest BCUT2D eigenvalue weighted by Gasteiger charge is -2.52. The number of fused-ring (bicyclic) bond motifs is 4. The molecule has 186 valence electrons. The van der Waals surface area contributed by atoms with Crippen LogP contribution in [0.3, 0.4) is 0 Å². The number of hydrogen-bond donors (Lipinski definition) is 0. The maximum absolute atomic E-state index is 13.0. The van der Waals surface area contributed by atoms with Crippen LogP contribution in [0.5, 0.6) is 0 Å². The van der Waals surface area contributed by atoms with Gasteiger partial charge in [-0.2, -0.15) is 5.26 Å². The lowest BCUT2D eigenvalue weighted by molar-refractivity contribution is -0.177. The maximum atomic E-state index is 13.0. The summed E-state index contributed by atoms with van der Waals surface area (Å²) in [5, 5.41) is 9.75. The molecular formula is C30H43NO3. The Bertz CT molecular complexity index is 893. The summed E-state index contributed by atoms with van der Waals surface area (Å²) in [5.41, 5.74) is 3.55. The highest BCUT2D eigenvalue weighted by Crippen LogP contribution is 2.65. The van der Waals surface area contributed by atoms with Gasteiger partial charge in [0, 0.05) is 18.3 Å². The molecule has 4 atom stereocenters. The number of allylic oxidation sites excluding steroid dienone is 4. The van der Waals surface area contributed by atoms with Crippen molar-refractivity contribution in [1.82, 2.24) is 0 Å². The standard InChI is InChI=1S/C30H43NO3/c1-3-4-5-6-7-8-9-10-28(33)34-30(19-20-31)18-16-27-26-13-11-22-21-23(32)12-14-24(22)25(26)15-17-29(27,30)2/h21,26-27H,3-19H2,1-2H3/t26?,27?,29-,30+/m0/s1. The Labute approximate surface area is 206 Å². The molecule has 2 saturated carbocycles. The van der Waals surface area contributed by atoms with Crippen molar-refractivity contribution in [1.29, 1.82) is 5.26 Å². The summed E-state index contributed by atoms with van der Waals surface area (Å²) in [7, 11) is 0. The highest BCUT2D eigenvalue weighted by molar-refractivity contribution is 5.93. The third-order valence-corrected chi connectivity index (χ3v) is 9.68. The van der Waals surface area contributed by atoms with Crippen molar-refractivity contribution >= 4 is 11.8 Å². The number of unbranched alkanes of at least 4 members (excludes halogenated alkanes) is 6. The predicted molar refractivity (Wildman–Crippen MR) is 134 cm³/mol. The molecule has 0 radical (unpaired) electrons. The Balaban J connectivity index is 1.43. The predicted octanol–water partition coefficient (Wildman–Crippen LogP) is 7.53. The van der Waals surface area contributed by atoms with E-state index in [0.717, 1.165) is 57.8 Å². The van der Waals surface area contributed by atoms with Gasteiger partial charge in [0.25, 0.3) is 0 Å². The molecule has 0 aromatic rings. The van der Waals surface area contributed by atoms with Gasteiger partial charge in [0.15, 0.2) is 5.78 Å². The van der Waals surface area contributed by atoms with Gasteiger partial charge in [-0.1, -0.05) is 57.9 Å². The molecule has 4 aliphatic carbocycles. The number of carbonyl (C=O) groups excluding carboxylic acids is 2. The summed E-state index contributed by atoms with van der Waals surface area (Å²) >= 11 is 0. The molecular weight excluding hydrogens is 422 g/mol. The minimum Gasteiger partial charge on any atom is -0.457 e. The van der Waals surface area contributed by atoms with E-state index in [-0.39, 0.29) is 17.2 Å². The summed E-state index contributed by atoms with van der Waals surface area (Å²) in [6.45, 7) is 4.53. The Morgan fingerprint density at radius 2 is 1.82 bits per heavy atom. The molecule has 4 rings (SSSR count). The van der Waals surface area contributed by atoms with Crippen LogP contribution in [0.2, 0.25) is 0 Å². The van der Waals surface area contributed by atoms with Gasteiger partial charge >= 0.3 is 5.97 Å². The Morgan fingerprint density at radius 3 is 2.59 bits per heavy atom. The van der Waals surface area contributed by atoms with E-state index in [2.05, 4.69) is 19.9 Å². The van der Waals surface area contributed by atoms with Gasteiger partial charge in [-0.05, 0) is 80.4 Å². The van der Waals surface area contributed by atoms with Gasteiger partial charge < -0.3 is 4.74 Å². The summed E-state index contributed by atoms with van der Waals surface area (Å²) < 4.78 is 6.32. The average molecular weight is 466 g/mol. The first kappa shape index (κ1) is 25.2. The van der Waals surface area contributed by atoms with Gasteiger partial charge in [-0.25, -0.2) is 0 Å². The van der Waals surface area contributed by atoms with Crippen LogP contribution in [0.4, 0.5) is 0 Å². The first-order valence-corrected chi connectivity index (χ1v) is 14.0. The van der Waals surface area contributed by atoms with E-state index in [1.165, 1.54) is 43.3 Å². The maximum Gasteiger partial charge on any atom is 0.306 e. The molecule has 0 aromatic heterocycles. The summed E-state index contributed by atoms with van der Waals surface area (Å²) in [6, 6.07) is 2.40. The highest BCUT2D eigenvalue weighted by atomic mass is 16.6. The van der Waals surface area contributed by atoms with Crippen molar-refractivity contribution in [3.63, 3.8) is 0 Å². The van der Waals surface area contributed by atoms with Gasteiger partial charge in [0.1, 0.15) is 5.60 Å². The van der Waals surface area contributed by atoms with Gasteiger partial charge in [0.2, 0.25) is 0 Å². The lowest BCUT2D eigenvalue weighted by atomic mass is 9.54. The third-order valence-electron chi connectivity index (χ3n) is 9.68. The van der Waals surface area contributed by atoms with Gasteiger partial charge in [0.05, 0.1) is 12.5 Å². The van der Waals surface area contributed by atoms with Crippen molar-refractivity contribution in [2.24, 2.45) is 17.3 Å². The Morgan fingerprint density at radius 1 is 1.06 bits per heavy atom. The van der Waals surface area contributed by atoms with Crippen LogP contribution in [0.15, 0.2) is 22.8 Å². The molecule has 0 aromatic carbocycles. The fourth-order valence-corrected chi connectivity index (χ4v) is 7.74. The third kappa shape index (κ3) is 4.77. The largest absolute Gasteiger partial charge is 0.457 e. The summed E-state index contributed by atoms with van der Waals surface area (Å²) in [5.74, 6) is 1.15. The van der Waals surface area contributed by atoms with Crippen LogP contribution in [0.25, 0.3) is 0 Å². The van der Waals surface area contributed by atoms with E-state index in [0.29, 0.717) is 31.1 Å². The monoisotopic (exact) mass is 465 g/mol. The highest BCUT2D eigenvalue weighted by Gasteiger charge is 2.63. The molecule has 4 nitrogen and oxygen atoms in total. The van der Waals surface area contributed by atoms with E-state index >= 15 is 0 Å². The van der Waals surface area contributed by atoms with Crippen molar-refractivity contribution in [2.45, 2.75) is 129 Å². The zero-order valence-electron chi connectivity index (χ0n) is 21.4. The van der Waals surface area contributed by atoms with Crippen molar-refractivity contribution in [2.75, 3.05) is 0 Å². The summed E-state index contributed by atoms with van der Waals surface area (Å²) in [4.78, 5) is 24.9. The fraction of sp³-hybridized carbons (Fsp3) is 0.767. The zero-order chi connectivity index (χ0) is 24.2. The zero-order valence-corrected chi connectivity index (χ0v) is 21.4. The van der Waals surface area contributed by atoms with E-state index in [1.54, 1.807) is 5.57 Å². The minimum absolute atomic E-state index is 0.102. The smallest absolute Gasteiger partial charge is 0.306 e. The molecule has 2 fully saturated rings. The van der Waals surface area contributed by atoms with E-state index in [4.69, 9.17) is 4.74 Å². The Hall–Kier alpha value is -1.89. The van der Waals surface area contributed by atoms with E-state index in [9.17, 15) is 14.9 Å². The molecule has 34 heavy (non-hydrogen) atoms. The number of ether oxygens (including phenoxy) is 1. The van der Waals surface area contributed by atoms with Crippen LogP contribution >= 0.6 is 0 Å². The second-order valence-electron chi connectivity index (χ2n) is 11.5.